The van der Waals surface area contributed by atoms with E-state index in [1.165, 1.54) is 30.3 Å². The fraction of sp³-hybridized carbons (Fsp3) is 0. The van der Waals surface area contributed by atoms with E-state index in [1.807, 2.05) is 36.4 Å². The molecule has 168 valence electrons. The van der Waals surface area contributed by atoms with E-state index in [0.29, 0.717) is 11.3 Å². The second-order valence-electron chi connectivity index (χ2n) is 7.36. The molecule has 0 aliphatic heterocycles. The van der Waals surface area contributed by atoms with Gasteiger partial charge in [-0.15, -0.1) is 0 Å². The van der Waals surface area contributed by atoms with Gasteiger partial charge in [-0.2, -0.15) is 0 Å². The summed E-state index contributed by atoms with van der Waals surface area (Å²) < 4.78 is 0. The van der Waals surface area contributed by atoms with Crippen LogP contribution in [0.2, 0.25) is 5.02 Å². The third-order valence-corrected chi connectivity index (χ3v) is 5.36. The fourth-order valence-corrected chi connectivity index (χ4v) is 3.54. The number of benzene rings is 4. The molecule has 4 aromatic rings. The van der Waals surface area contributed by atoms with Gasteiger partial charge in [-0.1, -0.05) is 54.1 Å². The maximum atomic E-state index is 13.1. The smallest absolute Gasteiger partial charge is 0.272 e. The summed E-state index contributed by atoms with van der Waals surface area (Å²) in [4.78, 5) is 36.4. The number of hydrogen-bond acceptors (Lipinski definition) is 4. The van der Waals surface area contributed by atoms with Gasteiger partial charge in [0.1, 0.15) is 5.70 Å². The SMILES string of the molecule is O=C(Nc1ccc2ccccc2c1)/C(=C\c1ccc([N+](=O)[O-])cc1)NC(=O)c1ccccc1Cl. The number of fused-ring (bicyclic) bond motifs is 1. The number of halogens is 1. The molecule has 0 aliphatic rings. The average Bonchev–Trinajstić information content (AvgIpc) is 2.84. The molecule has 7 nitrogen and oxygen atoms in total. The zero-order valence-electron chi connectivity index (χ0n) is 17.7. The predicted molar refractivity (Wildman–Crippen MR) is 133 cm³/mol. The van der Waals surface area contributed by atoms with Gasteiger partial charge in [0.2, 0.25) is 0 Å². The first-order chi connectivity index (χ1) is 16.4. The summed E-state index contributed by atoms with van der Waals surface area (Å²) in [5, 5.41) is 18.5. The van der Waals surface area contributed by atoms with Crippen molar-refractivity contribution in [3.63, 3.8) is 0 Å². The summed E-state index contributed by atoms with van der Waals surface area (Å²) in [5.41, 5.74) is 1.11. The monoisotopic (exact) mass is 471 g/mol. The van der Waals surface area contributed by atoms with Crippen molar-refractivity contribution < 1.29 is 14.5 Å². The first-order valence-corrected chi connectivity index (χ1v) is 10.6. The van der Waals surface area contributed by atoms with Gasteiger partial charge in [-0.05, 0) is 58.8 Å². The van der Waals surface area contributed by atoms with Crippen LogP contribution in [0.15, 0.2) is 96.7 Å². The van der Waals surface area contributed by atoms with Crippen LogP contribution in [0, 0.1) is 10.1 Å². The molecule has 34 heavy (non-hydrogen) atoms. The van der Waals surface area contributed by atoms with Gasteiger partial charge in [-0.25, -0.2) is 0 Å². The number of rotatable bonds is 6. The highest BCUT2D eigenvalue weighted by atomic mass is 35.5. The lowest BCUT2D eigenvalue weighted by atomic mass is 10.1. The van der Waals surface area contributed by atoms with E-state index in [2.05, 4.69) is 10.6 Å². The molecule has 0 spiro atoms. The van der Waals surface area contributed by atoms with Gasteiger partial charge in [0.15, 0.2) is 0 Å². The van der Waals surface area contributed by atoms with Crippen LogP contribution in [0.3, 0.4) is 0 Å². The Morgan fingerprint density at radius 1 is 0.853 bits per heavy atom. The summed E-state index contributed by atoms with van der Waals surface area (Å²) in [6.45, 7) is 0. The number of hydrogen-bond donors (Lipinski definition) is 2. The Morgan fingerprint density at radius 3 is 2.24 bits per heavy atom. The molecule has 0 saturated heterocycles. The van der Waals surface area contributed by atoms with E-state index in [1.54, 1.807) is 30.3 Å². The lowest BCUT2D eigenvalue weighted by Gasteiger charge is -2.12. The Balaban J connectivity index is 1.65. The number of nitro groups is 1. The van der Waals surface area contributed by atoms with E-state index < -0.39 is 16.7 Å². The van der Waals surface area contributed by atoms with Crippen LogP contribution in [-0.4, -0.2) is 16.7 Å². The van der Waals surface area contributed by atoms with Crippen molar-refractivity contribution in [1.29, 1.82) is 0 Å². The maximum absolute atomic E-state index is 13.1. The van der Waals surface area contributed by atoms with Crippen molar-refractivity contribution in [2.75, 3.05) is 5.32 Å². The van der Waals surface area contributed by atoms with Crippen LogP contribution >= 0.6 is 11.6 Å². The van der Waals surface area contributed by atoms with Gasteiger partial charge >= 0.3 is 0 Å². The highest BCUT2D eigenvalue weighted by molar-refractivity contribution is 6.34. The summed E-state index contributed by atoms with van der Waals surface area (Å²) >= 11 is 6.13. The zero-order valence-corrected chi connectivity index (χ0v) is 18.5. The Hall–Kier alpha value is -4.49. The van der Waals surface area contributed by atoms with Crippen molar-refractivity contribution in [2.24, 2.45) is 0 Å². The molecule has 0 aliphatic carbocycles. The number of non-ortho nitro benzene ring substituents is 1. The average molecular weight is 472 g/mol. The fourth-order valence-electron chi connectivity index (χ4n) is 3.32. The lowest BCUT2D eigenvalue weighted by Crippen LogP contribution is -2.30. The Labute approximate surface area is 199 Å². The highest BCUT2D eigenvalue weighted by Gasteiger charge is 2.17. The highest BCUT2D eigenvalue weighted by Crippen LogP contribution is 2.21. The minimum Gasteiger partial charge on any atom is -0.321 e. The zero-order chi connectivity index (χ0) is 24.1. The maximum Gasteiger partial charge on any atom is 0.272 e. The number of anilines is 1. The Kier molecular flexibility index (Phi) is 6.66. The standard InChI is InChI=1S/C26H18ClN3O4/c27-23-8-4-3-7-22(23)25(31)29-24(15-17-9-13-21(14-10-17)30(33)34)26(32)28-20-12-11-18-5-1-2-6-19(18)16-20/h1-16H,(H,28,32)(H,29,31)/b24-15+. The van der Waals surface area contributed by atoms with Crippen LogP contribution in [0.5, 0.6) is 0 Å². The third kappa shape index (κ3) is 5.28. The molecule has 0 aromatic heterocycles. The number of nitrogens with one attached hydrogen (secondary N) is 2. The van der Waals surface area contributed by atoms with Crippen LogP contribution in [0.1, 0.15) is 15.9 Å². The molecule has 0 heterocycles. The van der Waals surface area contributed by atoms with Gasteiger partial charge in [0.25, 0.3) is 17.5 Å². The van der Waals surface area contributed by atoms with Crippen molar-refractivity contribution in [1.82, 2.24) is 5.32 Å². The van der Waals surface area contributed by atoms with Crippen molar-refractivity contribution in [3.05, 3.63) is 123 Å². The van der Waals surface area contributed by atoms with E-state index >= 15 is 0 Å². The number of carbonyl (C=O) groups is 2. The minimum atomic E-state index is -0.563. The number of nitro benzene ring substituents is 1. The number of carbonyl (C=O) groups excluding carboxylic acids is 2. The van der Waals surface area contributed by atoms with Gasteiger partial charge in [0, 0.05) is 17.8 Å². The third-order valence-electron chi connectivity index (χ3n) is 5.03. The molecule has 2 N–H and O–H groups in total. The van der Waals surface area contributed by atoms with Crippen molar-refractivity contribution in [3.8, 4) is 0 Å². The van der Waals surface area contributed by atoms with E-state index in [9.17, 15) is 19.7 Å². The number of nitrogens with zero attached hydrogens (tertiary/aromatic N) is 1. The second-order valence-corrected chi connectivity index (χ2v) is 7.76. The van der Waals surface area contributed by atoms with Crippen LogP contribution in [-0.2, 0) is 4.79 Å². The molecule has 0 unspecified atom stereocenters. The molecule has 0 atom stereocenters. The second kappa shape index (κ2) is 9.97. The minimum absolute atomic E-state index is 0.0491. The topological polar surface area (TPSA) is 101 Å². The summed E-state index contributed by atoms with van der Waals surface area (Å²) in [7, 11) is 0. The van der Waals surface area contributed by atoms with Gasteiger partial charge in [0.05, 0.1) is 15.5 Å². The van der Waals surface area contributed by atoms with E-state index in [-0.39, 0.29) is 22.0 Å². The van der Waals surface area contributed by atoms with Crippen molar-refractivity contribution >= 4 is 51.6 Å². The van der Waals surface area contributed by atoms with Crippen LogP contribution < -0.4 is 10.6 Å². The Morgan fingerprint density at radius 2 is 1.53 bits per heavy atom. The molecule has 0 saturated carbocycles. The summed E-state index contributed by atoms with van der Waals surface area (Å²) in [6.07, 6.45) is 1.44. The quantitative estimate of drug-likeness (QED) is 0.210. The van der Waals surface area contributed by atoms with Crippen LogP contribution in [0.4, 0.5) is 11.4 Å². The van der Waals surface area contributed by atoms with Gasteiger partial charge in [-0.3, -0.25) is 19.7 Å². The molecule has 0 fully saturated rings. The predicted octanol–water partition coefficient (Wildman–Crippen LogP) is 5.81. The molecule has 8 heteroatoms. The Bertz CT molecular complexity index is 1430. The molecule has 4 aromatic carbocycles. The van der Waals surface area contributed by atoms with E-state index in [4.69, 9.17) is 11.6 Å². The normalized spacial score (nSPS) is 11.1. The van der Waals surface area contributed by atoms with E-state index in [0.717, 1.165) is 10.8 Å². The number of amides is 2. The molecular weight excluding hydrogens is 454 g/mol. The lowest BCUT2D eigenvalue weighted by molar-refractivity contribution is -0.384. The van der Waals surface area contributed by atoms with Crippen LogP contribution in [0.25, 0.3) is 16.8 Å². The first kappa shape index (κ1) is 22.7. The van der Waals surface area contributed by atoms with Crippen molar-refractivity contribution in [2.45, 2.75) is 0 Å². The molecule has 4 rings (SSSR count). The molecule has 0 bridgehead atoms. The largest absolute Gasteiger partial charge is 0.321 e. The first-order valence-electron chi connectivity index (χ1n) is 10.2. The summed E-state index contributed by atoms with van der Waals surface area (Å²) in [5.74, 6) is -1.12. The molecule has 2 amide bonds. The van der Waals surface area contributed by atoms with Gasteiger partial charge < -0.3 is 10.6 Å². The molecular formula is C26H18ClN3O4. The summed E-state index contributed by atoms with van der Waals surface area (Å²) in [6, 6.07) is 25.3. The molecule has 0 radical (unpaired) electrons.